The minimum Gasteiger partial charge on any atom is -0.493 e. The maximum atomic E-state index is 12.9. The summed E-state index contributed by atoms with van der Waals surface area (Å²) < 4.78 is 41.6. The molecule has 1 N–H and O–H groups in total. The monoisotopic (exact) mass is 450 g/mol. The highest BCUT2D eigenvalue weighted by molar-refractivity contribution is 7.90. The largest absolute Gasteiger partial charge is 0.493 e. The van der Waals surface area contributed by atoms with E-state index in [-0.39, 0.29) is 23.1 Å². The summed E-state index contributed by atoms with van der Waals surface area (Å²) in [5, 5.41) is 2.70. The number of hydrogen-bond acceptors (Lipinski definition) is 5. The third kappa shape index (κ3) is 8.37. The molecule has 168 valence electrons. The summed E-state index contributed by atoms with van der Waals surface area (Å²) in [6.07, 6.45) is 2.51. The molecule has 0 bridgehead atoms. The van der Waals surface area contributed by atoms with E-state index >= 15 is 0 Å². The molecule has 0 aliphatic rings. The third-order valence-corrected chi connectivity index (χ3v) is 5.64. The first-order chi connectivity index (χ1) is 14.7. The summed E-state index contributed by atoms with van der Waals surface area (Å²) in [6, 6.07) is 11.5. The molecule has 0 aliphatic carbocycles. The number of benzene rings is 2. The molecule has 0 saturated carbocycles. The number of halogens is 1. The second-order valence-corrected chi connectivity index (χ2v) is 9.15. The molecule has 0 fully saturated rings. The van der Waals surface area contributed by atoms with Gasteiger partial charge in [0.2, 0.25) is 5.91 Å². The Balaban J connectivity index is 1.63. The van der Waals surface area contributed by atoms with Gasteiger partial charge in [0, 0.05) is 38.4 Å². The van der Waals surface area contributed by atoms with Crippen LogP contribution in [0, 0.1) is 5.82 Å². The molecule has 0 saturated heterocycles. The van der Waals surface area contributed by atoms with Crippen LogP contribution in [0.15, 0.2) is 53.4 Å². The van der Waals surface area contributed by atoms with Gasteiger partial charge in [-0.05, 0) is 55.3 Å². The Morgan fingerprint density at radius 1 is 1.10 bits per heavy atom. The number of carbonyl (C=O) groups is 2. The van der Waals surface area contributed by atoms with E-state index in [1.807, 2.05) is 0 Å². The molecule has 2 aromatic rings. The van der Waals surface area contributed by atoms with Gasteiger partial charge in [-0.25, -0.2) is 12.8 Å². The number of carbonyl (C=O) groups excluding carboxylic acids is 2. The summed E-state index contributed by atoms with van der Waals surface area (Å²) in [6.45, 7) is 1.18. The van der Waals surface area contributed by atoms with Crippen molar-refractivity contribution in [3.05, 3.63) is 59.9 Å². The first-order valence-electron chi connectivity index (χ1n) is 9.87. The van der Waals surface area contributed by atoms with Gasteiger partial charge < -0.3 is 15.0 Å². The molecule has 0 atom stereocenters. The zero-order valence-corrected chi connectivity index (χ0v) is 18.5. The van der Waals surface area contributed by atoms with E-state index in [4.69, 9.17) is 4.74 Å². The molecular weight excluding hydrogens is 423 g/mol. The Kier molecular flexibility index (Phi) is 8.99. The van der Waals surface area contributed by atoms with Crippen LogP contribution in [0.2, 0.25) is 0 Å². The first kappa shape index (κ1) is 24.3. The van der Waals surface area contributed by atoms with Gasteiger partial charge in [-0.15, -0.1) is 0 Å². The van der Waals surface area contributed by atoms with Crippen LogP contribution >= 0.6 is 0 Å². The van der Waals surface area contributed by atoms with Crippen LogP contribution in [0.25, 0.3) is 0 Å². The summed E-state index contributed by atoms with van der Waals surface area (Å²) in [5.41, 5.74) is 0.368. The Morgan fingerprint density at radius 3 is 2.48 bits per heavy atom. The molecule has 2 rings (SSSR count). The number of hydrogen-bond donors (Lipinski definition) is 1. The number of ether oxygens (including phenoxy) is 1. The standard InChI is InChI=1S/C22H27FN2O5S/c1-25(14-5-15-30-19-6-3-7-20(16-19)31(2,28)29)21(26)8-4-13-24-22(27)17-9-11-18(23)12-10-17/h3,6-7,9-12,16H,4-5,8,13-15H2,1-2H3,(H,24,27). The van der Waals surface area contributed by atoms with E-state index < -0.39 is 15.7 Å². The van der Waals surface area contributed by atoms with Crippen molar-refractivity contribution >= 4 is 21.7 Å². The highest BCUT2D eigenvalue weighted by Crippen LogP contribution is 2.17. The molecule has 0 heterocycles. The number of rotatable bonds is 11. The predicted octanol–water partition coefficient (Wildman–Crippen LogP) is 2.67. The van der Waals surface area contributed by atoms with Crippen molar-refractivity contribution in [2.45, 2.75) is 24.2 Å². The molecule has 0 radical (unpaired) electrons. The van der Waals surface area contributed by atoms with Crippen LogP contribution in [-0.2, 0) is 14.6 Å². The van der Waals surface area contributed by atoms with Crippen LogP contribution < -0.4 is 10.1 Å². The fourth-order valence-corrected chi connectivity index (χ4v) is 3.40. The normalized spacial score (nSPS) is 11.1. The van der Waals surface area contributed by atoms with E-state index in [0.717, 1.165) is 6.26 Å². The molecule has 0 aromatic heterocycles. The summed E-state index contributed by atoms with van der Waals surface area (Å²) >= 11 is 0. The van der Waals surface area contributed by atoms with Gasteiger partial charge in [-0.1, -0.05) is 6.07 Å². The van der Waals surface area contributed by atoms with Crippen molar-refractivity contribution in [1.82, 2.24) is 10.2 Å². The minimum absolute atomic E-state index is 0.0462. The lowest BCUT2D eigenvalue weighted by Gasteiger charge is -2.17. The minimum atomic E-state index is -3.29. The maximum Gasteiger partial charge on any atom is 0.251 e. The Labute approximate surface area is 182 Å². The van der Waals surface area contributed by atoms with Crippen molar-refractivity contribution in [2.24, 2.45) is 0 Å². The quantitative estimate of drug-likeness (QED) is 0.532. The molecule has 7 nitrogen and oxygen atoms in total. The Bertz CT molecular complexity index is 993. The maximum absolute atomic E-state index is 12.9. The van der Waals surface area contributed by atoms with Crippen molar-refractivity contribution in [3.63, 3.8) is 0 Å². The van der Waals surface area contributed by atoms with E-state index in [0.29, 0.717) is 43.9 Å². The summed E-state index contributed by atoms with van der Waals surface area (Å²) in [5.74, 6) is -0.292. The van der Waals surface area contributed by atoms with Crippen LogP contribution in [0.3, 0.4) is 0 Å². The van der Waals surface area contributed by atoms with Crippen molar-refractivity contribution in [3.8, 4) is 5.75 Å². The highest BCUT2D eigenvalue weighted by Gasteiger charge is 2.10. The fraction of sp³-hybridized carbons (Fsp3) is 0.364. The predicted molar refractivity (Wildman–Crippen MR) is 115 cm³/mol. The number of sulfone groups is 1. The Morgan fingerprint density at radius 2 is 1.81 bits per heavy atom. The number of amides is 2. The van der Waals surface area contributed by atoms with Crippen molar-refractivity contribution in [1.29, 1.82) is 0 Å². The molecule has 2 amide bonds. The van der Waals surface area contributed by atoms with Crippen molar-refractivity contribution in [2.75, 3.05) is 33.0 Å². The summed E-state index contributed by atoms with van der Waals surface area (Å²) in [4.78, 5) is 25.9. The Hall–Kier alpha value is -2.94. The van der Waals surface area contributed by atoms with Gasteiger partial charge in [0.05, 0.1) is 11.5 Å². The van der Waals surface area contributed by atoms with Gasteiger partial charge in [0.1, 0.15) is 11.6 Å². The van der Waals surface area contributed by atoms with Gasteiger partial charge in [0.25, 0.3) is 5.91 Å². The lowest BCUT2D eigenvalue weighted by atomic mass is 10.2. The van der Waals surface area contributed by atoms with E-state index in [1.165, 1.54) is 36.4 Å². The van der Waals surface area contributed by atoms with Crippen LogP contribution in [0.5, 0.6) is 5.75 Å². The fourth-order valence-electron chi connectivity index (χ4n) is 2.75. The average Bonchev–Trinajstić information content (AvgIpc) is 2.74. The van der Waals surface area contributed by atoms with Crippen LogP contribution in [0.1, 0.15) is 29.6 Å². The van der Waals surface area contributed by atoms with Gasteiger partial charge >= 0.3 is 0 Å². The smallest absolute Gasteiger partial charge is 0.251 e. The molecule has 0 spiro atoms. The first-order valence-corrected chi connectivity index (χ1v) is 11.8. The SMILES string of the molecule is CN(CCCOc1cccc(S(C)(=O)=O)c1)C(=O)CCCNC(=O)c1ccc(F)cc1. The van der Waals surface area contributed by atoms with E-state index in [9.17, 15) is 22.4 Å². The molecule has 0 aliphatic heterocycles. The van der Waals surface area contributed by atoms with Crippen molar-refractivity contribution < 1.29 is 27.1 Å². The van der Waals surface area contributed by atoms with Gasteiger partial charge in [-0.3, -0.25) is 9.59 Å². The topological polar surface area (TPSA) is 92.8 Å². The second kappa shape index (κ2) is 11.5. The zero-order chi connectivity index (χ0) is 22.9. The van der Waals surface area contributed by atoms with Gasteiger partial charge in [-0.2, -0.15) is 0 Å². The second-order valence-electron chi connectivity index (χ2n) is 7.13. The number of nitrogens with one attached hydrogen (secondary N) is 1. The lowest BCUT2D eigenvalue weighted by Crippen LogP contribution is -2.30. The average molecular weight is 451 g/mol. The highest BCUT2D eigenvalue weighted by atomic mass is 32.2. The molecular formula is C22H27FN2O5S. The molecule has 2 aromatic carbocycles. The number of nitrogens with zero attached hydrogens (tertiary/aromatic N) is 1. The van der Waals surface area contributed by atoms with Gasteiger partial charge in [0.15, 0.2) is 9.84 Å². The third-order valence-electron chi connectivity index (χ3n) is 4.53. The lowest BCUT2D eigenvalue weighted by molar-refractivity contribution is -0.130. The van der Waals surface area contributed by atoms with Crippen LogP contribution in [-0.4, -0.2) is 58.1 Å². The zero-order valence-electron chi connectivity index (χ0n) is 17.6. The summed E-state index contributed by atoms with van der Waals surface area (Å²) in [7, 11) is -1.59. The van der Waals surface area contributed by atoms with E-state index in [2.05, 4.69) is 5.32 Å². The van der Waals surface area contributed by atoms with Crippen LogP contribution in [0.4, 0.5) is 4.39 Å². The molecule has 0 unspecified atom stereocenters. The van der Waals surface area contributed by atoms with E-state index in [1.54, 1.807) is 24.1 Å². The molecule has 31 heavy (non-hydrogen) atoms. The molecule has 9 heteroatoms.